The molecule has 0 fully saturated rings. The zero-order valence-corrected chi connectivity index (χ0v) is 7.20. The summed E-state index contributed by atoms with van der Waals surface area (Å²) >= 11 is 0. The van der Waals surface area contributed by atoms with Gasteiger partial charge in [-0.3, -0.25) is 0 Å². The van der Waals surface area contributed by atoms with Gasteiger partial charge in [0.1, 0.15) is 5.76 Å². The van der Waals surface area contributed by atoms with E-state index in [0.717, 1.165) is 12.4 Å². The Hall–Kier alpha value is -1.12. The monoisotopic (exact) mass is 154 g/mol. The van der Waals surface area contributed by atoms with Gasteiger partial charge in [0.2, 0.25) is 0 Å². The topological polar surface area (TPSA) is 26.7 Å². The van der Waals surface area contributed by atoms with Crippen molar-refractivity contribution in [1.29, 1.82) is 0 Å². The first-order chi connectivity index (χ1) is 5.11. The number of nitrogens with zero attached hydrogens (tertiary/aromatic N) is 2. The maximum atomic E-state index is 9.15. The lowest BCUT2D eigenvalue weighted by molar-refractivity contribution is 0.317. The van der Waals surface area contributed by atoms with Crippen molar-refractivity contribution >= 4 is 0 Å². The fourth-order valence-corrected chi connectivity index (χ4v) is 0.955. The molecule has 0 aromatic carbocycles. The molecule has 3 nitrogen and oxygen atoms in total. The molecule has 1 N–H and O–H groups in total. The molecule has 0 radical (unpaired) electrons. The molecule has 0 atom stereocenters. The van der Waals surface area contributed by atoms with Crippen LogP contribution in [0.15, 0.2) is 23.9 Å². The highest BCUT2D eigenvalue weighted by Crippen LogP contribution is 2.13. The van der Waals surface area contributed by atoms with Crippen LogP contribution < -0.4 is 0 Å². The number of aliphatic hydroxyl groups excluding tert-OH is 1. The van der Waals surface area contributed by atoms with Crippen molar-refractivity contribution < 1.29 is 5.11 Å². The molecule has 1 aliphatic rings. The normalized spacial score (nSPS) is 19.2. The summed E-state index contributed by atoms with van der Waals surface area (Å²) in [5.74, 6) is 0.380. The molecule has 0 aromatic heterocycles. The molecule has 3 heteroatoms. The molecule has 0 amide bonds. The van der Waals surface area contributed by atoms with Crippen molar-refractivity contribution in [2.45, 2.75) is 13.8 Å². The Morgan fingerprint density at radius 3 is 2.36 bits per heavy atom. The molecule has 0 spiro atoms. The van der Waals surface area contributed by atoms with Gasteiger partial charge in [0.15, 0.2) is 0 Å². The van der Waals surface area contributed by atoms with Crippen LogP contribution in [0.1, 0.15) is 13.8 Å². The maximum Gasteiger partial charge on any atom is 0.108 e. The van der Waals surface area contributed by atoms with Gasteiger partial charge in [-0.05, 0) is 13.8 Å². The van der Waals surface area contributed by atoms with Gasteiger partial charge in [-0.1, -0.05) is 0 Å². The van der Waals surface area contributed by atoms with E-state index in [-0.39, 0.29) is 0 Å². The number of allylic oxidation sites excluding steroid dienone is 2. The Balaban J connectivity index is 2.66. The van der Waals surface area contributed by atoms with Gasteiger partial charge in [0.05, 0.1) is 12.4 Å². The average molecular weight is 154 g/mol. The van der Waals surface area contributed by atoms with Gasteiger partial charge >= 0.3 is 0 Å². The Morgan fingerprint density at radius 1 is 1.36 bits per heavy atom. The van der Waals surface area contributed by atoms with Crippen LogP contribution in [0.3, 0.4) is 0 Å². The predicted octanol–water partition coefficient (Wildman–Crippen LogP) is 1.47. The fourth-order valence-electron chi connectivity index (χ4n) is 0.955. The molecule has 0 saturated carbocycles. The summed E-state index contributed by atoms with van der Waals surface area (Å²) in [5, 5.41) is 9.15. The van der Waals surface area contributed by atoms with Crippen LogP contribution in [0.4, 0.5) is 0 Å². The van der Waals surface area contributed by atoms with E-state index in [2.05, 4.69) is 0 Å². The van der Waals surface area contributed by atoms with Gasteiger partial charge in [-0.25, -0.2) is 0 Å². The van der Waals surface area contributed by atoms with Crippen LogP contribution in [0, 0.1) is 0 Å². The van der Waals surface area contributed by atoms with Crippen LogP contribution in [0.2, 0.25) is 0 Å². The van der Waals surface area contributed by atoms with Crippen molar-refractivity contribution in [1.82, 2.24) is 9.80 Å². The van der Waals surface area contributed by atoms with E-state index in [0.29, 0.717) is 5.76 Å². The summed E-state index contributed by atoms with van der Waals surface area (Å²) in [6.07, 6.45) is 3.93. The lowest BCUT2D eigenvalue weighted by atomic mass is 10.4. The van der Waals surface area contributed by atoms with Crippen molar-refractivity contribution in [3.63, 3.8) is 0 Å². The summed E-state index contributed by atoms with van der Waals surface area (Å²) in [4.78, 5) is 4.04. The van der Waals surface area contributed by atoms with Crippen molar-refractivity contribution in [2.24, 2.45) is 0 Å². The number of aliphatic hydroxyl groups is 1. The summed E-state index contributed by atoms with van der Waals surface area (Å²) in [6.45, 7) is 4.42. The Labute approximate surface area is 67.2 Å². The summed E-state index contributed by atoms with van der Waals surface area (Å²) in [5.41, 5.74) is 0.908. The van der Waals surface area contributed by atoms with Crippen LogP contribution in [0.25, 0.3) is 0 Å². The second-order valence-electron chi connectivity index (χ2n) is 2.84. The SMILES string of the molecule is C/C(O)=C(\C)N1C=CN(C)C1. The van der Waals surface area contributed by atoms with Gasteiger partial charge in [-0.15, -0.1) is 0 Å². The van der Waals surface area contributed by atoms with Gasteiger partial charge in [0, 0.05) is 19.4 Å². The largest absolute Gasteiger partial charge is 0.511 e. The minimum absolute atomic E-state index is 0.380. The molecule has 1 heterocycles. The first-order valence-corrected chi connectivity index (χ1v) is 3.63. The van der Waals surface area contributed by atoms with E-state index in [1.54, 1.807) is 6.92 Å². The molecule has 11 heavy (non-hydrogen) atoms. The smallest absolute Gasteiger partial charge is 0.108 e. The Bertz CT molecular complexity index is 204. The number of hydrogen-bond acceptors (Lipinski definition) is 3. The number of hydrogen-bond donors (Lipinski definition) is 1. The van der Waals surface area contributed by atoms with E-state index in [9.17, 15) is 0 Å². The van der Waals surface area contributed by atoms with Gasteiger partial charge in [-0.2, -0.15) is 0 Å². The van der Waals surface area contributed by atoms with Crippen LogP contribution in [-0.2, 0) is 0 Å². The number of rotatable bonds is 1. The zero-order chi connectivity index (χ0) is 8.43. The summed E-state index contributed by atoms with van der Waals surface area (Å²) in [6, 6.07) is 0. The standard InChI is InChI=1S/C8H14N2O/c1-7(8(2)11)10-5-4-9(3)6-10/h4-5,11H,6H2,1-3H3/b8-7-. The molecule has 0 saturated heterocycles. The fraction of sp³-hybridized carbons (Fsp3) is 0.500. The average Bonchev–Trinajstić information content (AvgIpc) is 2.34. The lowest BCUT2D eigenvalue weighted by Gasteiger charge is -2.18. The van der Waals surface area contributed by atoms with Crippen molar-refractivity contribution in [2.75, 3.05) is 13.7 Å². The third-order valence-electron chi connectivity index (χ3n) is 1.83. The maximum absolute atomic E-state index is 9.15. The van der Waals surface area contributed by atoms with Gasteiger partial charge < -0.3 is 14.9 Å². The third-order valence-corrected chi connectivity index (χ3v) is 1.83. The summed E-state index contributed by atoms with van der Waals surface area (Å²) < 4.78 is 0. The molecule has 0 bridgehead atoms. The Morgan fingerprint density at radius 2 is 2.00 bits per heavy atom. The second-order valence-corrected chi connectivity index (χ2v) is 2.84. The van der Waals surface area contributed by atoms with Crippen molar-refractivity contribution in [3.05, 3.63) is 23.9 Å². The second kappa shape index (κ2) is 2.86. The third kappa shape index (κ3) is 1.67. The summed E-state index contributed by atoms with van der Waals surface area (Å²) in [7, 11) is 2.00. The quantitative estimate of drug-likeness (QED) is 0.579. The predicted molar refractivity (Wildman–Crippen MR) is 44.6 cm³/mol. The highest BCUT2D eigenvalue weighted by Gasteiger charge is 2.10. The van der Waals surface area contributed by atoms with E-state index in [1.807, 2.05) is 36.2 Å². The molecule has 1 aliphatic heterocycles. The van der Waals surface area contributed by atoms with Crippen LogP contribution >= 0.6 is 0 Å². The first kappa shape index (κ1) is 7.98. The van der Waals surface area contributed by atoms with Crippen LogP contribution in [-0.4, -0.2) is 28.6 Å². The lowest BCUT2D eigenvalue weighted by Crippen LogP contribution is -2.21. The Kier molecular flexibility index (Phi) is 2.08. The minimum atomic E-state index is 0.380. The molecular formula is C8H14N2O. The van der Waals surface area contributed by atoms with E-state index in [1.165, 1.54) is 0 Å². The van der Waals surface area contributed by atoms with Crippen molar-refractivity contribution in [3.8, 4) is 0 Å². The van der Waals surface area contributed by atoms with E-state index >= 15 is 0 Å². The zero-order valence-electron chi connectivity index (χ0n) is 7.20. The van der Waals surface area contributed by atoms with Crippen LogP contribution in [0.5, 0.6) is 0 Å². The van der Waals surface area contributed by atoms with Gasteiger partial charge in [0.25, 0.3) is 0 Å². The highest BCUT2D eigenvalue weighted by atomic mass is 16.3. The minimum Gasteiger partial charge on any atom is -0.511 e. The highest BCUT2D eigenvalue weighted by molar-refractivity contribution is 5.08. The molecule has 0 unspecified atom stereocenters. The molecule has 0 aromatic rings. The van der Waals surface area contributed by atoms with E-state index < -0.39 is 0 Å². The first-order valence-electron chi connectivity index (χ1n) is 3.63. The van der Waals surface area contributed by atoms with E-state index in [4.69, 9.17) is 5.11 Å². The molecule has 62 valence electrons. The molecular weight excluding hydrogens is 140 g/mol. The molecule has 0 aliphatic carbocycles. The molecule has 1 rings (SSSR count).